The Morgan fingerprint density at radius 2 is 2.14 bits per heavy atom. The molecule has 0 aliphatic heterocycles. The zero-order chi connectivity index (χ0) is 16.1. The second-order valence-electron chi connectivity index (χ2n) is 4.25. The van der Waals surface area contributed by atoms with Crippen LogP contribution in [0, 0.1) is 3.57 Å². The van der Waals surface area contributed by atoms with Crippen LogP contribution in [-0.2, 0) is 0 Å². The van der Waals surface area contributed by atoms with E-state index in [9.17, 15) is 9.90 Å². The number of aromatic hydroxyl groups is 1. The van der Waals surface area contributed by atoms with Crippen LogP contribution < -0.4 is 10.2 Å². The number of amides is 1. The fourth-order valence-electron chi connectivity index (χ4n) is 1.69. The Balaban J connectivity index is 2.11. The average Bonchev–Trinajstić information content (AvgIpc) is 2.50. The van der Waals surface area contributed by atoms with Crippen molar-refractivity contribution >= 4 is 50.6 Å². The van der Waals surface area contributed by atoms with Crippen molar-refractivity contribution in [2.24, 2.45) is 5.10 Å². The van der Waals surface area contributed by atoms with Gasteiger partial charge in [0.1, 0.15) is 11.5 Å². The molecule has 7 heteroatoms. The number of carbonyl (C=O) groups is 1. The molecule has 22 heavy (non-hydrogen) atoms. The lowest BCUT2D eigenvalue weighted by molar-refractivity contribution is 0.0952. The first-order chi connectivity index (χ1) is 10.5. The molecule has 0 bridgehead atoms. The number of hydrogen-bond acceptors (Lipinski definition) is 4. The van der Waals surface area contributed by atoms with Crippen molar-refractivity contribution in [1.29, 1.82) is 0 Å². The number of hydrazone groups is 1. The van der Waals surface area contributed by atoms with Gasteiger partial charge in [0, 0.05) is 4.47 Å². The van der Waals surface area contributed by atoms with Crippen molar-refractivity contribution < 1.29 is 14.6 Å². The molecule has 0 radical (unpaired) electrons. The van der Waals surface area contributed by atoms with Gasteiger partial charge in [-0.05, 0) is 64.6 Å². The predicted molar refractivity (Wildman–Crippen MR) is 96.6 cm³/mol. The summed E-state index contributed by atoms with van der Waals surface area (Å²) >= 11 is 5.33. The first-order valence-electron chi connectivity index (χ1n) is 6.16. The summed E-state index contributed by atoms with van der Waals surface area (Å²) in [6.45, 7) is 0. The van der Waals surface area contributed by atoms with Crippen LogP contribution >= 0.6 is 38.5 Å². The van der Waals surface area contributed by atoms with Gasteiger partial charge in [0.2, 0.25) is 0 Å². The number of hydrogen-bond donors (Lipinski definition) is 2. The Morgan fingerprint density at radius 3 is 2.82 bits per heavy atom. The van der Waals surface area contributed by atoms with Gasteiger partial charge < -0.3 is 9.84 Å². The van der Waals surface area contributed by atoms with Gasteiger partial charge in [-0.2, -0.15) is 5.10 Å². The third-order valence-electron chi connectivity index (χ3n) is 2.76. The Bertz CT molecular complexity index is 735. The van der Waals surface area contributed by atoms with E-state index in [1.165, 1.54) is 13.3 Å². The van der Waals surface area contributed by atoms with E-state index in [-0.39, 0.29) is 11.7 Å². The first kappa shape index (κ1) is 16.8. The highest BCUT2D eigenvalue weighted by Crippen LogP contribution is 2.23. The van der Waals surface area contributed by atoms with Gasteiger partial charge in [0.05, 0.1) is 22.5 Å². The van der Waals surface area contributed by atoms with Crippen molar-refractivity contribution in [3.05, 3.63) is 55.6 Å². The van der Waals surface area contributed by atoms with Crippen molar-refractivity contribution in [3.8, 4) is 11.5 Å². The minimum Gasteiger partial charge on any atom is -0.507 e. The molecule has 0 spiro atoms. The topological polar surface area (TPSA) is 70.9 Å². The summed E-state index contributed by atoms with van der Waals surface area (Å²) in [4.78, 5) is 12.1. The van der Waals surface area contributed by atoms with Crippen molar-refractivity contribution in [2.75, 3.05) is 7.11 Å². The smallest absolute Gasteiger partial charge is 0.275 e. The molecule has 0 aromatic heterocycles. The number of phenolic OH excluding ortho intramolecular Hbond substituents is 1. The lowest BCUT2D eigenvalue weighted by atomic mass is 10.2. The number of carbonyl (C=O) groups excluding carboxylic acids is 1. The number of methoxy groups -OCH3 is 1. The van der Waals surface area contributed by atoms with Gasteiger partial charge in [-0.15, -0.1) is 0 Å². The van der Waals surface area contributed by atoms with Gasteiger partial charge in [0.25, 0.3) is 5.91 Å². The lowest BCUT2D eigenvalue weighted by Crippen LogP contribution is -2.18. The molecule has 0 fully saturated rings. The van der Waals surface area contributed by atoms with Crippen LogP contribution in [0.1, 0.15) is 15.9 Å². The molecule has 1 amide bonds. The lowest BCUT2D eigenvalue weighted by Gasteiger charge is -2.07. The summed E-state index contributed by atoms with van der Waals surface area (Å²) in [6.07, 6.45) is 1.50. The van der Waals surface area contributed by atoms with Gasteiger partial charge in [-0.1, -0.05) is 15.9 Å². The van der Waals surface area contributed by atoms with Crippen LogP contribution in [0.2, 0.25) is 0 Å². The molecule has 0 unspecified atom stereocenters. The molecule has 0 atom stereocenters. The number of nitrogens with one attached hydrogen (secondary N) is 1. The second-order valence-corrected chi connectivity index (χ2v) is 6.33. The molecular formula is C15H12BrIN2O3. The number of halogens is 2. The maximum atomic E-state index is 12.1. The largest absolute Gasteiger partial charge is 0.507 e. The molecule has 2 aromatic carbocycles. The SMILES string of the molecule is COc1ccc(Br)cc1C(=O)N/N=C\c1ccc(O)c(I)c1. The third kappa shape index (κ3) is 4.20. The highest BCUT2D eigenvalue weighted by molar-refractivity contribution is 14.1. The summed E-state index contributed by atoms with van der Waals surface area (Å²) < 4.78 is 6.64. The van der Waals surface area contributed by atoms with E-state index in [2.05, 4.69) is 26.5 Å². The summed E-state index contributed by atoms with van der Waals surface area (Å²) in [5.41, 5.74) is 3.60. The van der Waals surface area contributed by atoms with Crippen molar-refractivity contribution in [1.82, 2.24) is 5.43 Å². The van der Waals surface area contributed by atoms with Crippen LogP contribution in [0.3, 0.4) is 0 Å². The normalized spacial score (nSPS) is 10.7. The van der Waals surface area contributed by atoms with Gasteiger partial charge in [-0.25, -0.2) is 5.43 Å². The Hall–Kier alpha value is -1.61. The molecule has 0 aliphatic rings. The van der Waals surface area contributed by atoms with Crippen LogP contribution in [0.4, 0.5) is 0 Å². The summed E-state index contributed by atoms with van der Waals surface area (Å²) in [5, 5.41) is 13.4. The fraction of sp³-hybridized carbons (Fsp3) is 0.0667. The third-order valence-corrected chi connectivity index (χ3v) is 4.11. The van der Waals surface area contributed by atoms with E-state index in [1.807, 2.05) is 22.6 Å². The van der Waals surface area contributed by atoms with Crippen LogP contribution in [0.25, 0.3) is 0 Å². The molecule has 2 N–H and O–H groups in total. The summed E-state index contributed by atoms with van der Waals surface area (Å²) in [7, 11) is 1.50. The van der Waals surface area contributed by atoms with E-state index in [1.54, 1.807) is 36.4 Å². The number of rotatable bonds is 4. The van der Waals surface area contributed by atoms with Gasteiger partial charge >= 0.3 is 0 Å². The van der Waals surface area contributed by atoms with E-state index in [0.29, 0.717) is 14.9 Å². The van der Waals surface area contributed by atoms with Crippen LogP contribution in [0.15, 0.2) is 46.0 Å². The zero-order valence-electron chi connectivity index (χ0n) is 11.5. The minimum atomic E-state index is -0.372. The average molecular weight is 475 g/mol. The Morgan fingerprint density at radius 1 is 1.36 bits per heavy atom. The van der Waals surface area contributed by atoms with E-state index in [4.69, 9.17) is 4.74 Å². The number of phenols is 1. The Labute approximate surface area is 149 Å². The molecule has 2 rings (SSSR count). The second kappa shape index (κ2) is 7.59. The maximum Gasteiger partial charge on any atom is 0.275 e. The summed E-state index contributed by atoms with van der Waals surface area (Å²) in [6, 6.07) is 10.2. The molecule has 114 valence electrons. The Kier molecular flexibility index (Phi) is 5.78. The monoisotopic (exact) mass is 474 g/mol. The molecule has 0 heterocycles. The van der Waals surface area contributed by atoms with E-state index in [0.717, 1.165) is 10.0 Å². The highest BCUT2D eigenvalue weighted by Gasteiger charge is 2.11. The van der Waals surface area contributed by atoms with Crippen LogP contribution in [-0.4, -0.2) is 24.3 Å². The molecule has 2 aromatic rings. The highest BCUT2D eigenvalue weighted by atomic mass is 127. The zero-order valence-corrected chi connectivity index (χ0v) is 15.3. The van der Waals surface area contributed by atoms with Gasteiger partial charge in [-0.3, -0.25) is 4.79 Å². The standard InChI is InChI=1S/C15H12BrIN2O3/c1-22-14-5-3-10(16)7-11(14)15(21)19-18-8-9-2-4-13(20)12(17)6-9/h2-8,20H,1H3,(H,19,21)/b18-8-. The fourth-order valence-corrected chi connectivity index (χ4v) is 2.59. The van der Waals surface area contributed by atoms with E-state index >= 15 is 0 Å². The van der Waals surface area contributed by atoms with Gasteiger partial charge in [0.15, 0.2) is 0 Å². The molecule has 0 aliphatic carbocycles. The number of nitrogens with zero attached hydrogens (tertiary/aromatic N) is 1. The maximum absolute atomic E-state index is 12.1. The van der Waals surface area contributed by atoms with Crippen molar-refractivity contribution in [2.45, 2.75) is 0 Å². The quantitative estimate of drug-likeness (QED) is 0.404. The molecule has 5 nitrogen and oxygen atoms in total. The predicted octanol–water partition coefficient (Wildman–Crippen LogP) is 3.53. The molecular weight excluding hydrogens is 463 g/mol. The molecule has 0 saturated carbocycles. The first-order valence-corrected chi connectivity index (χ1v) is 8.04. The van der Waals surface area contributed by atoms with Crippen LogP contribution in [0.5, 0.6) is 11.5 Å². The summed E-state index contributed by atoms with van der Waals surface area (Å²) in [5.74, 6) is 0.304. The number of benzene rings is 2. The van der Waals surface area contributed by atoms with Crippen molar-refractivity contribution in [3.63, 3.8) is 0 Å². The molecule has 0 saturated heterocycles. The number of ether oxygens (including phenoxy) is 1. The minimum absolute atomic E-state index is 0.209. The van der Waals surface area contributed by atoms with E-state index < -0.39 is 0 Å².